The lowest BCUT2D eigenvalue weighted by molar-refractivity contribution is 0.210. The summed E-state index contributed by atoms with van der Waals surface area (Å²) in [7, 11) is 4.12. The van der Waals surface area contributed by atoms with Crippen LogP contribution in [0.1, 0.15) is 45.4 Å². The monoisotopic (exact) mass is 454 g/mol. The van der Waals surface area contributed by atoms with Crippen molar-refractivity contribution in [2.45, 2.75) is 56.7 Å². The maximum Gasteiger partial charge on any atom is 0.191 e. The van der Waals surface area contributed by atoms with Gasteiger partial charge in [0.15, 0.2) is 5.96 Å². The standard InChI is InChI=1S/C17H34N4S.HI/c1-4-22-16-9-5-8-15(11-16)20-17(18-2)19-12-14-7-6-10-21(3)13-14;/h14-16H,4-13H2,1-3H3,(H2,18,19,20);1H. The van der Waals surface area contributed by atoms with Gasteiger partial charge in [0.25, 0.3) is 0 Å². The molecular formula is C17H35IN4S. The second kappa shape index (κ2) is 11.8. The van der Waals surface area contributed by atoms with Crippen LogP contribution < -0.4 is 10.6 Å². The molecule has 0 aromatic rings. The second-order valence-electron chi connectivity index (χ2n) is 6.81. The molecule has 0 bridgehead atoms. The summed E-state index contributed by atoms with van der Waals surface area (Å²) < 4.78 is 0. The Bertz CT molecular complexity index is 351. The highest BCUT2D eigenvalue weighted by molar-refractivity contribution is 14.0. The number of nitrogens with zero attached hydrogens (tertiary/aromatic N) is 2. The maximum absolute atomic E-state index is 4.43. The normalized spacial score (nSPS) is 29.7. The lowest BCUT2D eigenvalue weighted by Crippen LogP contribution is -2.48. The SMILES string of the molecule is CCSC1CCCC(NC(=NC)NCC2CCCN(C)C2)C1.I. The molecule has 3 atom stereocenters. The highest BCUT2D eigenvalue weighted by atomic mass is 127. The first-order valence-corrected chi connectivity index (χ1v) is 10.0. The molecule has 3 unspecified atom stereocenters. The summed E-state index contributed by atoms with van der Waals surface area (Å²) in [6.07, 6.45) is 7.97. The summed E-state index contributed by atoms with van der Waals surface area (Å²) in [6, 6.07) is 0.595. The van der Waals surface area contributed by atoms with Crippen molar-refractivity contribution in [2.75, 3.05) is 39.5 Å². The summed E-state index contributed by atoms with van der Waals surface area (Å²) in [5.41, 5.74) is 0. The minimum atomic E-state index is 0. The number of hydrogen-bond acceptors (Lipinski definition) is 3. The van der Waals surface area contributed by atoms with Crippen molar-refractivity contribution in [2.24, 2.45) is 10.9 Å². The van der Waals surface area contributed by atoms with E-state index in [9.17, 15) is 0 Å². The van der Waals surface area contributed by atoms with Gasteiger partial charge in [0.05, 0.1) is 0 Å². The Morgan fingerprint density at radius 3 is 2.78 bits per heavy atom. The summed E-state index contributed by atoms with van der Waals surface area (Å²) in [5.74, 6) is 2.99. The predicted molar refractivity (Wildman–Crippen MR) is 114 cm³/mol. The van der Waals surface area contributed by atoms with Crippen molar-refractivity contribution in [3.05, 3.63) is 0 Å². The molecule has 1 saturated heterocycles. The van der Waals surface area contributed by atoms with E-state index in [4.69, 9.17) is 0 Å². The second-order valence-corrected chi connectivity index (χ2v) is 8.39. The van der Waals surface area contributed by atoms with Gasteiger partial charge in [-0.25, -0.2) is 0 Å². The van der Waals surface area contributed by atoms with Gasteiger partial charge in [0.2, 0.25) is 0 Å². The number of piperidine rings is 1. The summed E-state index contributed by atoms with van der Waals surface area (Å²) >= 11 is 2.12. The van der Waals surface area contributed by atoms with Crippen LogP contribution in [-0.4, -0.2) is 61.6 Å². The van der Waals surface area contributed by atoms with Gasteiger partial charge in [-0.3, -0.25) is 4.99 Å². The van der Waals surface area contributed by atoms with Crippen molar-refractivity contribution >= 4 is 41.7 Å². The van der Waals surface area contributed by atoms with Gasteiger partial charge >= 0.3 is 0 Å². The molecule has 4 nitrogen and oxygen atoms in total. The topological polar surface area (TPSA) is 39.7 Å². The minimum Gasteiger partial charge on any atom is -0.356 e. The van der Waals surface area contributed by atoms with Crippen LogP contribution in [0, 0.1) is 5.92 Å². The predicted octanol–water partition coefficient (Wildman–Crippen LogP) is 3.18. The molecule has 0 aromatic heterocycles. The lowest BCUT2D eigenvalue weighted by Gasteiger charge is -2.32. The van der Waals surface area contributed by atoms with E-state index in [1.165, 1.54) is 57.4 Å². The van der Waals surface area contributed by atoms with Gasteiger partial charge in [-0.1, -0.05) is 13.3 Å². The number of thioether (sulfide) groups is 1. The largest absolute Gasteiger partial charge is 0.356 e. The zero-order chi connectivity index (χ0) is 15.8. The number of hydrogen-bond donors (Lipinski definition) is 2. The summed E-state index contributed by atoms with van der Waals surface area (Å²) in [6.45, 7) is 5.78. The van der Waals surface area contributed by atoms with E-state index < -0.39 is 0 Å². The van der Waals surface area contributed by atoms with Crippen LogP contribution in [0.25, 0.3) is 0 Å². The lowest BCUT2D eigenvalue weighted by atomic mass is 9.95. The smallest absolute Gasteiger partial charge is 0.191 e. The molecule has 0 spiro atoms. The van der Waals surface area contributed by atoms with Crippen LogP contribution in [0.15, 0.2) is 4.99 Å². The van der Waals surface area contributed by atoms with Crippen LogP contribution in [-0.2, 0) is 0 Å². The average molecular weight is 454 g/mol. The highest BCUT2D eigenvalue weighted by Crippen LogP contribution is 2.28. The van der Waals surface area contributed by atoms with Crippen molar-refractivity contribution in [3.8, 4) is 0 Å². The average Bonchev–Trinajstić information content (AvgIpc) is 2.52. The van der Waals surface area contributed by atoms with Gasteiger partial charge in [0.1, 0.15) is 0 Å². The molecule has 1 aliphatic carbocycles. The van der Waals surface area contributed by atoms with E-state index in [1.54, 1.807) is 0 Å². The summed E-state index contributed by atoms with van der Waals surface area (Å²) in [5, 5.41) is 8.05. The Labute approximate surface area is 164 Å². The molecule has 0 radical (unpaired) electrons. The number of likely N-dealkylation sites (tertiary alicyclic amines) is 1. The molecular weight excluding hydrogens is 419 g/mol. The first-order valence-electron chi connectivity index (χ1n) is 8.98. The minimum absolute atomic E-state index is 0. The number of guanidine groups is 1. The Morgan fingerprint density at radius 1 is 1.26 bits per heavy atom. The molecule has 136 valence electrons. The molecule has 2 rings (SSSR count). The van der Waals surface area contributed by atoms with Crippen molar-refractivity contribution in [3.63, 3.8) is 0 Å². The van der Waals surface area contributed by atoms with Gasteiger partial charge in [-0.15, -0.1) is 24.0 Å². The fourth-order valence-electron chi connectivity index (χ4n) is 3.73. The number of rotatable bonds is 5. The van der Waals surface area contributed by atoms with E-state index in [1.807, 2.05) is 7.05 Å². The Hall–Kier alpha value is 0.310. The van der Waals surface area contributed by atoms with E-state index in [0.717, 1.165) is 23.7 Å². The van der Waals surface area contributed by atoms with Crippen LogP contribution >= 0.6 is 35.7 Å². The van der Waals surface area contributed by atoms with Crippen LogP contribution in [0.3, 0.4) is 0 Å². The molecule has 23 heavy (non-hydrogen) atoms. The molecule has 1 saturated carbocycles. The maximum atomic E-state index is 4.43. The Kier molecular flexibility index (Phi) is 10.9. The molecule has 2 N–H and O–H groups in total. The quantitative estimate of drug-likeness (QED) is 0.380. The molecule has 1 aliphatic heterocycles. The molecule has 0 aromatic carbocycles. The van der Waals surface area contributed by atoms with E-state index in [0.29, 0.717) is 6.04 Å². The zero-order valence-corrected chi connectivity index (χ0v) is 18.2. The number of aliphatic imine (C=N–C) groups is 1. The van der Waals surface area contributed by atoms with Gasteiger partial charge < -0.3 is 15.5 Å². The first-order chi connectivity index (χ1) is 10.7. The zero-order valence-electron chi connectivity index (χ0n) is 15.0. The molecule has 2 fully saturated rings. The first kappa shape index (κ1) is 21.4. The van der Waals surface area contributed by atoms with Crippen LogP contribution in [0.2, 0.25) is 0 Å². The Balaban J connectivity index is 0.00000264. The highest BCUT2D eigenvalue weighted by Gasteiger charge is 2.23. The third-order valence-corrected chi connectivity index (χ3v) is 6.11. The number of halogens is 1. The molecule has 2 aliphatic rings. The van der Waals surface area contributed by atoms with E-state index in [-0.39, 0.29) is 24.0 Å². The Morgan fingerprint density at radius 2 is 2.09 bits per heavy atom. The van der Waals surface area contributed by atoms with Crippen molar-refractivity contribution < 1.29 is 0 Å². The summed E-state index contributed by atoms with van der Waals surface area (Å²) in [4.78, 5) is 6.87. The van der Waals surface area contributed by atoms with Crippen LogP contribution in [0.4, 0.5) is 0 Å². The van der Waals surface area contributed by atoms with Gasteiger partial charge in [-0.2, -0.15) is 11.8 Å². The van der Waals surface area contributed by atoms with E-state index >= 15 is 0 Å². The molecule has 6 heteroatoms. The molecule has 1 heterocycles. The third-order valence-electron chi connectivity index (χ3n) is 4.87. The van der Waals surface area contributed by atoms with Gasteiger partial charge in [0, 0.05) is 31.4 Å². The van der Waals surface area contributed by atoms with E-state index in [2.05, 4.69) is 46.3 Å². The van der Waals surface area contributed by atoms with Crippen molar-refractivity contribution in [1.29, 1.82) is 0 Å². The number of nitrogens with one attached hydrogen (secondary N) is 2. The fraction of sp³-hybridized carbons (Fsp3) is 0.941. The van der Waals surface area contributed by atoms with Gasteiger partial charge in [-0.05, 0) is 57.4 Å². The van der Waals surface area contributed by atoms with Crippen LogP contribution in [0.5, 0.6) is 0 Å². The fourth-order valence-corrected chi connectivity index (χ4v) is 4.91. The van der Waals surface area contributed by atoms with Crippen molar-refractivity contribution in [1.82, 2.24) is 15.5 Å². The molecule has 0 amide bonds. The third kappa shape index (κ3) is 7.82.